The van der Waals surface area contributed by atoms with E-state index in [0.717, 1.165) is 42.8 Å². The number of nitriles is 1. The van der Waals surface area contributed by atoms with Gasteiger partial charge in [-0.15, -0.1) is 10.2 Å². The van der Waals surface area contributed by atoms with Crippen molar-refractivity contribution < 1.29 is 14.6 Å². The Morgan fingerprint density at radius 1 is 1.12 bits per heavy atom. The highest BCUT2D eigenvalue weighted by Gasteiger charge is 2.32. The number of para-hydroxylation sites is 1. The van der Waals surface area contributed by atoms with Crippen LogP contribution in [0.4, 0.5) is 4.79 Å². The van der Waals surface area contributed by atoms with Crippen LogP contribution >= 0.6 is 11.6 Å². The third kappa shape index (κ3) is 4.12. The van der Waals surface area contributed by atoms with Crippen molar-refractivity contribution >= 4 is 17.7 Å². The van der Waals surface area contributed by atoms with Crippen LogP contribution in [0.25, 0.3) is 5.69 Å². The van der Waals surface area contributed by atoms with E-state index in [1.807, 2.05) is 41.0 Å². The molecule has 33 heavy (non-hydrogen) atoms. The summed E-state index contributed by atoms with van der Waals surface area (Å²) < 4.78 is 8.14. The first-order valence-corrected chi connectivity index (χ1v) is 11.3. The summed E-state index contributed by atoms with van der Waals surface area (Å²) >= 11 is 6.21. The van der Waals surface area contributed by atoms with Crippen LogP contribution in [0, 0.1) is 11.3 Å². The van der Waals surface area contributed by atoms with E-state index in [1.54, 1.807) is 6.07 Å². The number of fused-ring (bicyclic) bond motifs is 3. The molecule has 1 saturated carbocycles. The standard InChI is InChI=1S/C24H22ClN5O3/c25-18-7-10-20-17(11-18)13-29(24(31)32)14-22-27-28-23(30(20)22)15-5-8-19(9-6-15)33-21-4-2-1-3-16(21)12-26/h1-4,7,10-11,15,19H,5-6,8-9,13-14H2,(H,31,32)/t15-,19-. The number of carboxylic acid groups (broad SMARTS) is 1. The highest BCUT2D eigenvalue weighted by molar-refractivity contribution is 6.30. The lowest BCUT2D eigenvalue weighted by Crippen LogP contribution is -2.28. The molecule has 0 radical (unpaired) electrons. The molecule has 1 aliphatic carbocycles. The molecule has 3 aromatic rings. The van der Waals surface area contributed by atoms with Gasteiger partial charge in [-0.25, -0.2) is 4.79 Å². The number of hydrogen-bond donors (Lipinski definition) is 1. The van der Waals surface area contributed by atoms with Crippen molar-refractivity contribution in [2.45, 2.75) is 50.8 Å². The van der Waals surface area contributed by atoms with Gasteiger partial charge in [-0.05, 0) is 61.6 Å². The third-order valence-electron chi connectivity index (χ3n) is 6.34. The molecular formula is C24H22ClN5O3. The second-order valence-electron chi connectivity index (χ2n) is 8.42. The van der Waals surface area contributed by atoms with E-state index in [0.29, 0.717) is 22.2 Å². The second kappa shape index (κ2) is 8.75. The van der Waals surface area contributed by atoms with Crippen LogP contribution in [-0.2, 0) is 13.1 Å². The van der Waals surface area contributed by atoms with E-state index in [1.165, 1.54) is 4.90 Å². The number of halogens is 1. The lowest BCUT2D eigenvalue weighted by molar-refractivity contribution is 0.138. The molecule has 0 spiro atoms. The fourth-order valence-electron chi connectivity index (χ4n) is 4.71. The van der Waals surface area contributed by atoms with Crippen molar-refractivity contribution in [3.63, 3.8) is 0 Å². The average molecular weight is 464 g/mol. The number of nitrogens with zero attached hydrogens (tertiary/aromatic N) is 5. The minimum absolute atomic E-state index is 0.0378. The van der Waals surface area contributed by atoms with Crippen LogP contribution in [0.2, 0.25) is 5.02 Å². The first-order chi connectivity index (χ1) is 16.0. The smallest absolute Gasteiger partial charge is 0.408 e. The van der Waals surface area contributed by atoms with Gasteiger partial charge in [0.1, 0.15) is 17.6 Å². The molecule has 0 bridgehead atoms. The maximum Gasteiger partial charge on any atom is 0.408 e. The molecule has 1 aliphatic heterocycles. The number of aromatic nitrogens is 3. The van der Waals surface area contributed by atoms with Gasteiger partial charge in [0.25, 0.3) is 0 Å². The topological polar surface area (TPSA) is 104 Å². The molecule has 5 rings (SSSR count). The normalized spacial score (nSPS) is 19.7. The predicted molar refractivity (Wildman–Crippen MR) is 120 cm³/mol. The Hall–Kier alpha value is -3.57. The maximum atomic E-state index is 11.8. The van der Waals surface area contributed by atoms with Crippen molar-refractivity contribution in [1.29, 1.82) is 5.26 Å². The van der Waals surface area contributed by atoms with Crippen LogP contribution in [0.15, 0.2) is 42.5 Å². The van der Waals surface area contributed by atoms with Gasteiger partial charge in [-0.3, -0.25) is 9.47 Å². The van der Waals surface area contributed by atoms with Crippen LogP contribution in [0.1, 0.15) is 54.4 Å². The van der Waals surface area contributed by atoms with Gasteiger partial charge in [0.15, 0.2) is 5.82 Å². The van der Waals surface area contributed by atoms with Crippen LogP contribution in [0.3, 0.4) is 0 Å². The number of ether oxygens (including phenoxy) is 1. The molecule has 1 aromatic heterocycles. The summed E-state index contributed by atoms with van der Waals surface area (Å²) in [4.78, 5) is 13.1. The molecule has 8 nitrogen and oxygen atoms in total. The number of carbonyl (C=O) groups is 1. The molecule has 0 saturated heterocycles. The van der Waals surface area contributed by atoms with Crippen LogP contribution in [-0.4, -0.2) is 37.0 Å². The molecule has 2 aromatic carbocycles. The first-order valence-electron chi connectivity index (χ1n) is 10.9. The molecule has 2 heterocycles. The molecular weight excluding hydrogens is 442 g/mol. The van der Waals surface area contributed by atoms with Gasteiger partial charge >= 0.3 is 6.09 Å². The van der Waals surface area contributed by atoms with Crippen molar-refractivity contribution in [3.8, 4) is 17.5 Å². The Kier molecular flexibility index (Phi) is 5.65. The zero-order valence-electron chi connectivity index (χ0n) is 17.8. The summed E-state index contributed by atoms with van der Waals surface area (Å²) in [5, 5.41) is 28.3. The van der Waals surface area contributed by atoms with Crippen LogP contribution in [0.5, 0.6) is 5.75 Å². The van der Waals surface area contributed by atoms with E-state index in [-0.39, 0.29) is 25.1 Å². The molecule has 9 heteroatoms. The Labute approximate surface area is 196 Å². The minimum Gasteiger partial charge on any atom is -0.489 e. The summed E-state index contributed by atoms with van der Waals surface area (Å²) in [6.07, 6.45) is 2.43. The summed E-state index contributed by atoms with van der Waals surface area (Å²) in [6, 6.07) is 15.0. The van der Waals surface area contributed by atoms with Gasteiger partial charge in [-0.2, -0.15) is 5.26 Å². The molecule has 0 atom stereocenters. The molecule has 1 N–H and O–H groups in total. The zero-order chi connectivity index (χ0) is 22.9. The molecule has 1 amide bonds. The van der Waals surface area contributed by atoms with Gasteiger partial charge in [0.2, 0.25) is 0 Å². The van der Waals surface area contributed by atoms with Crippen molar-refractivity contribution in [1.82, 2.24) is 19.7 Å². The fraction of sp³-hybridized carbons (Fsp3) is 0.333. The van der Waals surface area contributed by atoms with E-state index < -0.39 is 6.09 Å². The largest absolute Gasteiger partial charge is 0.489 e. The summed E-state index contributed by atoms with van der Waals surface area (Å²) in [7, 11) is 0. The summed E-state index contributed by atoms with van der Waals surface area (Å²) in [5.74, 6) is 2.25. The number of hydrogen-bond acceptors (Lipinski definition) is 5. The fourth-order valence-corrected chi connectivity index (χ4v) is 4.90. The molecule has 168 valence electrons. The molecule has 2 aliphatic rings. The SMILES string of the molecule is N#Cc1ccccc1O[C@H]1CC[C@H](c2nnc3n2-c2ccc(Cl)cc2CN(C(=O)O)C3)CC1. The Bertz CT molecular complexity index is 1240. The maximum absolute atomic E-state index is 11.8. The highest BCUT2D eigenvalue weighted by atomic mass is 35.5. The quantitative estimate of drug-likeness (QED) is 0.592. The van der Waals surface area contributed by atoms with Crippen LogP contribution < -0.4 is 4.74 Å². The Morgan fingerprint density at radius 2 is 1.91 bits per heavy atom. The average Bonchev–Trinajstić information content (AvgIpc) is 3.15. The predicted octanol–water partition coefficient (Wildman–Crippen LogP) is 4.89. The second-order valence-corrected chi connectivity index (χ2v) is 8.86. The Balaban J connectivity index is 1.39. The lowest BCUT2D eigenvalue weighted by Gasteiger charge is -2.29. The van der Waals surface area contributed by atoms with Crippen molar-refractivity contribution in [2.75, 3.05) is 0 Å². The van der Waals surface area contributed by atoms with E-state index in [2.05, 4.69) is 16.3 Å². The highest BCUT2D eigenvalue weighted by Crippen LogP contribution is 2.37. The number of benzene rings is 2. The summed E-state index contributed by atoms with van der Waals surface area (Å²) in [5.41, 5.74) is 2.25. The lowest BCUT2D eigenvalue weighted by atomic mass is 9.86. The minimum atomic E-state index is -1.01. The monoisotopic (exact) mass is 463 g/mol. The van der Waals surface area contributed by atoms with Gasteiger partial charge < -0.3 is 9.84 Å². The summed E-state index contributed by atoms with van der Waals surface area (Å²) in [6.45, 7) is 0.408. The Morgan fingerprint density at radius 3 is 2.67 bits per heavy atom. The molecule has 1 fully saturated rings. The van der Waals surface area contributed by atoms with E-state index in [9.17, 15) is 15.2 Å². The van der Waals surface area contributed by atoms with Gasteiger partial charge in [0.05, 0.1) is 30.4 Å². The van der Waals surface area contributed by atoms with Gasteiger partial charge in [0, 0.05) is 10.9 Å². The molecule has 0 unspecified atom stereocenters. The number of amides is 1. The number of rotatable bonds is 3. The van der Waals surface area contributed by atoms with E-state index >= 15 is 0 Å². The van der Waals surface area contributed by atoms with Gasteiger partial charge in [-0.1, -0.05) is 23.7 Å². The van der Waals surface area contributed by atoms with Crippen molar-refractivity contribution in [2.24, 2.45) is 0 Å². The third-order valence-corrected chi connectivity index (χ3v) is 6.58. The zero-order valence-corrected chi connectivity index (χ0v) is 18.6. The van der Waals surface area contributed by atoms with Crippen molar-refractivity contribution in [3.05, 3.63) is 70.3 Å². The van der Waals surface area contributed by atoms with E-state index in [4.69, 9.17) is 16.3 Å². The first kappa shape index (κ1) is 21.3.